The fourth-order valence-electron chi connectivity index (χ4n) is 6.75. The molecule has 274 valence electrons. The van der Waals surface area contributed by atoms with Gasteiger partial charge in [-0.1, -0.05) is 0 Å². The summed E-state index contributed by atoms with van der Waals surface area (Å²) in [5.41, 5.74) is -2.86. The van der Waals surface area contributed by atoms with Crippen LogP contribution >= 0.6 is 0 Å². The number of rotatable bonds is 8. The number of fused-ring (bicyclic) bond motifs is 6. The van der Waals surface area contributed by atoms with E-state index < -0.39 is 76.6 Å². The molecule has 1 saturated carbocycles. The van der Waals surface area contributed by atoms with Crippen LogP contribution in [0.15, 0.2) is 53.6 Å². The molecule has 2 aromatic carbocycles. The highest BCUT2D eigenvalue weighted by atomic mass is 19.4. The van der Waals surface area contributed by atoms with E-state index in [2.05, 4.69) is 10.4 Å². The van der Waals surface area contributed by atoms with Gasteiger partial charge in [-0.25, -0.2) is 13.2 Å². The SMILES string of the molecule is Cc1cc2cc(c1F)[C@@H](CC(=O)O)NC(=O)[C@H](n1cc(CCN3CC(F)C3)c(C(F)(F)F)cc1=O)c1cc(ccc1F)Oc1nn(CC3CC3)cc1-2. The normalized spacial score (nSPS) is 19.4. The van der Waals surface area contributed by atoms with Gasteiger partial charge in [0.1, 0.15) is 29.6 Å². The Morgan fingerprint density at radius 1 is 1.06 bits per heavy atom. The maximum absolute atomic E-state index is 15.9. The lowest BCUT2D eigenvalue weighted by atomic mass is 9.94. The Morgan fingerprint density at radius 3 is 2.48 bits per heavy atom. The van der Waals surface area contributed by atoms with Crippen LogP contribution in [0.1, 0.15) is 59.2 Å². The number of carbonyl (C=O) groups is 2. The minimum atomic E-state index is -4.98. The molecule has 7 rings (SSSR count). The van der Waals surface area contributed by atoms with Gasteiger partial charge in [0, 0.05) is 55.8 Å². The molecule has 1 aliphatic carbocycles. The third-order valence-corrected chi connectivity index (χ3v) is 9.62. The largest absolute Gasteiger partial charge is 0.481 e. The predicted molar refractivity (Wildman–Crippen MR) is 174 cm³/mol. The minimum absolute atomic E-state index is 0.00162. The summed E-state index contributed by atoms with van der Waals surface area (Å²) in [5.74, 6) is -4.12. The summed E-state index contributed by atoms with van der Waals surface area (Å²) in [4.78, 5) is 41.5. The van der Waals surface area contributed by atoms with Crippen LogP contribution in [0.4, 0.5) is 26.3 Å². The first kappa shape index (κ1) is 35.3. The van der Waals surface area contributed by atoms with Crippen molar-refractivity contribution in [2.24, 2.45) is 5.92 Å². The number of halogens is 6. The molecule has 2 fully saturated rings. The molecule has 1 amide bonds. The average Bonchev–Trinajstić information content (AvgIpc) is 3.78. The zero-order valence-corrected chi connectivity index (χ0v) is 27.7. The maximum atomic E-state index is 15.9. The zero-order valence-electron chi connectivity index (χ0n) is 27.7. The number of aryl methyl sites for hydroxylation is 1. The van der Waals surface area contributed by atoms with E-state index in [1.807, 2.05) is 0 Å². The van der Waals surface area contributed by atoms with Gasteiger partial charge in [-0.15, -0.1) is 5.10 Å². The number of carboxylic acids is 1. The zero-order chi connectivity index (χ0) is 37.1. The highest BCUT2D eigenvalue weighted by molar-refractivity contribution is 5.85. The van der Waals surface area contributed by atoms with Crippen molar-refractivity contribution in [3.8, 4) is 22.8 Å². The van der Waals surface area contributed by atoms with Crippen LogP contribution in [0, 0.1) is 24.5 Å². The number of nitrogens with zero attached hydrogens (tertiary/aromatic N) is 4. The van der Waals surface area contributed by atoms with E-state index in [0.29, 0.717) is 34.2 Å². The molecule has 0 unspecified atom stereocenters. The highest BCUT2D eigenvalue weighted by Crippen LogP contribution is 2.40. The van der Waals surface area contributed by atoms with E-state index in [0.717, 1.165) is 31.2 Å². The van der Waals surface area contributed by atoms with Gasteiger partial charge in [-0.3, -0.25) is 28.5 Å². The molecule has 2 atom stereocenters. The molecule has 10 nitrogen and oxygen atoms in total. The van der Waals surface area contributed by atoms with Gasteiger partial charge in [0.05, 0.1) is 23.6 Å². The number of pyridine rings is 1. The lowest BCUT2D eigenvalue weighted by molar-refractivity contribution is -0.139. The fraction of sp³-hybridized carbons (Fsp3) is 0.389. The van der Waals surface area contributed by atoms with Crippen molar-refractivity contribution in [2.45, 2.75) is 63.6 Å². The molecule has 2 aliphatic heterocycles. The number of carbonyl (C=O) groups excluding carboxylic acids is 1. The molecular weight excluding hydrogens is 696 g/mol. The number of carboxylic acid groups (broad SMARTS) is 1. The summed E-state index contributed by atoms with van der Waals surface area (Å²) in [6, 6.07) is 2.89. The molecule has 4 aromatic rings. The van der Waals surface area contributed by atoms with Gasteiger partial charge in [-0.05, 0) is 79.1 Å². The van der Waals surface area contributed by atoms with Crippen LogP contribution in [0.25, 0.3) is 11.1 Å². The van der Waals surface area contributed by atoms with Gasteiger partial charge >= 0.3 is 12.1 Å². The third-order valence-electron chi connectivity index (χ3n) is 9.62. The molecule has 16 heteroatoms. The Morgan fingerprint density at radius 2 is 1.81 bits per heavy atom. The number of nitrogens with one attached hydrogen (secondary N) is 1. The summed E-state index contributed by atoms with van der Waals surface area (Å²) in [6.45, 7) is 2.05. The molecule has 3 aliphatic rings. The Bertz CT molecular complexity index is 2120. The number of hydrogen-bond donors (Lipinski definition) is 2. The summed E-state index contributed by atoms with van der Waals surface area (Å²) in [5, 5.41) is 16.9. The lowest BCUT2D eigenvalue weighted by Crippen LogP contribution is -2.49. The van der Waals surface area contributed by atoms with Crippen molar-refractivity contribution in [1.82, 2.24) is 24.6 Å². The van der Waals surface area contributed by atoms with Crippen molar-refractivity contribution in [3.63, 3.8) is 0 Å². The van der Waals surface area contributed by atoms with Gasteiger partial charge in [0.15, 0.2) is 0 Å². The number of benzene rings is 2. The second kappa shape index (κ2) is 13.5. The number of likely N-dealkylation sites (tertiary alicyclic amines) is 1. The van der Waals surface area contributed by atoms with Crippen molar-refractivity contribution >= 4 is 11.9 Å². The Hall–Kier alpha value is -5.12. The topological polar surface area (TPSA) is 119 Å². The van der Waals surface area contributed by atoms with E-state index in [-0.39, 0.29) is 48.8 Å². The molecule has 4 bridgehead atoms. The van der Waals surface area contributed by atoms with E-state index in [1.165, 1.54) is 25.1 Å². The Balaban J connectivity index is 1.41. The van der Waals surface area contributed by atoms with E-state index in [9.17, 15) is 37.1 Å². The number of hydrogen-bond acceptors (Lipinski definition) is 6. The maximum Gasteiger partial charge on any atom is 0.416 e. The smallest absolute Gasteiger partial charge is 0.416 e. The van der Waals surface area contributed by atoms with Crippen LogP contribution in [0.3, 0.4) is 0 Å². The molecular formula is C36H33F6N5O5. The van der Waals surface area contributed by atoms with Crippen LogP contribution in [0.2, 0.25) is 0 Å². The van der Waals surface area contributed by atoms with Crippen LogP contribution in [-0.4, -0.2) is 62.0 Å². The highest BCUT2D eigenvalue weighted by Gasteiger charge is 2.38. The standard InChI is InChI=1S/C36H33F6N5O5/c1-18-8-21-9-25(32(18)39)29(12-31(49)50)43-34(51)33(47-14-20(6-7-45-15-22(37)16-45)27(11-30(47)48)36(40,41)42)24-10-23(4-5-28(24)38)52-35-26(21)17-46(44-35)13-19-2-3-19/h4-5,8-11,14,17,19,22,29,33H,2-3,6-7,12-13,15-16H2,1H3,(H,43,51)(H,49,50)/t29-,33-/m1/s1. The first-order valence-corrected chi connectivity index (χ1v) is 16.7. The fourth-order valence-corrected chi connectivity index (χ4v) is 6.75. The number of aliphatic carboxylic acids is 1. The molecule has 1 saturated heterocycles. The molecule has 0 radical (unpaired) electrons. The second-order valence-corrected chi connectivity index (χ2v) is 13.6. The van der Waals surface area contributed by atoms with E-state index in [1.54, 1.807) is 15.8 Å². The van der Waals surface area contributed by atoms with Crippen molar-refractivity contribution < 1.29 is 45.8 Å². The van der Waals surface area contributed by atoms with Crippen molar-refractivity contribution in [1.29, 1.82) is 0 Å². The summed E-state index contributed by atoms with van der Waals surface area (Å²) >= 11 is 0. The number of amides is 1. The van der Waals surface area contributed by atoms with Crippen LogP contribution in [0.5, 0.6) is 11.6 Å². The van der Waals surface area contributed by atoms with Gasteiger partial charge in [-0.2, -0.15) is 13.2 Å². The van der Waals surface area contributed by atoms with Gasteiger partial charge < -0.3 is 15.2 Å². The molecule has 2 aromatic heterocycles. The Kier molecular flexibility index (Phi) is 9.13. The monoisotopic (exact) mass is 729 g/mol. The Labute approximate surface area is 292 Å². The summed E-state index contributed by atoms with van der Waals surface area (Å²) in [6.07, 6.45) is -2.73. The number of ether oxygens (including phenoxy) is 1. The van der Waals surface area contributed by atoms with Crippen LogP contribution in [-0.2, 0) is 28.7 Å². The van der Waals surface area contributed by atoms with Gasteiger partial charge in [0.25, 0.3) is 5.56 Å². The van der Waals surface area contributed by atoms with E-state index in [4.69, 9.17) is 4.74 Å². The predicted octanol–water partition coefficient (Wildman–Crippen LogP) is 5.95. The molecule has 2 N–H and O–H groups in total. The van der Waals surface area contributed by atoms with Crippen molar-refractivity contribution in [2.75, 3.05) is 19.6 Å². The molecule has 0 spiro atoms. The summed E-state index contributed by atoms with van der Waals surface area (Å²) in [7, 11) is 0. The lowest BCUT2D eigenvalue weighted by Gasteiger charge is -2.34. The van der Waals surface area contributed by atoms with Gasteiger partial charge in [0.2, 0.25) is 11.8 Å². The van der Waals surface area contributed by atoms with Crippen molar-refractivity contribution in [3.05, 3.63) is 98.6 Å². The number of alkyl halides is 4. The first-order valence-electron chi connectivity index (χ1n) is 16.7. The number of aromatic nitrogens is 3. The first-order chi connectivity index (χ1) is 24.6. The second-order valence-electron chi connectivity index (χ2n) is 13.6. The minimum Gasteiger partial charge on any atom is -0.481 e. The molecule has 52 heavy (non-hydrogen) atoms. The third kappa shape index (κ3) is 7.16. The van der Waals surface area contributed by atoms with E-state index >= 15 is 8.78 Å². The average molecular weight is 730 g/mol. The summed E-state index contributed by atoms with van der Waals surface area (Å²) < 4.78 is 96.3. The van der Waals surface area contributed by atoms with Crippen LogP contribution < -0.4 is 15.6 Å². The molecule has 4 heterocycles. The quantitative estimate of drug-likeness (QED) is 0.215.